The van der Waals surface area contributed by atoms with Gasteiger partial charge >= 0.3 is 0 Å². The van der Waals surface area contributed by atoms with Crippen molar-refractivity contribution in [1.29, 1.82) is 0 Å². The van der Waals surface area contributed by atoms with Crippen molar-refractivity contribution < 1.29 is 19.1 Å². The Morgan fingerprint density at radius 2 is 1.86 bits per heavy atom. The molecule has 0 aromatic heterocycles. The zero-order chi connectivity index (χ0) is 20.4. The summed E-state index contributed by atoms with van der Waals surface area (Å²) in [5.41, 5.74) is 3.89. The van der Waals surface area contributed by atoms with Gasteiger partial charge in [0.25, 0.3) is 5.91 Å². The molecule has 0 spiro atoms. The maximum absolute atomic E-state index is 11.8. The minimum Gasteiger partial charge on any atom is -0.497 e. The Labute approximate surface area is 171 Å². The van der Waals surface area contributed by atoms with E-state index >= 15 is 0 Å². The fourth-order valence-corrected chi connectivity index (χ4v) is 2.51. The molecule has 28 heavy (non-hydrogen) atoms. The van der Waals surface area contributed by atoms with E-state index in [0.29, 0.717) is 11.3 Å². The molecule has 2 rings (SSSR count). The number of nitrogens with zero attached hydrogens (tertiary/aromatic N) is 1. The third-order valence-electron chi connectivity index (χ3n) is 3.55. The topological polar surface area (TPSA) is 89.0 Å². The molecule has 0 saturated heterocycles. The van der Waals surface area contributed by atoms with Gasteiger partial charge in [0.2, 0.25) is 5.91 Å². The molecule has 0 bridgehead atoms. The molecule has 2 N–H and O–H groups in total. The normalized spacial score (nSPS) is 10.8. The predicted molar refractivity (Wildman–Crippen MR) is 111 cm³/mol. The van der Waals surface area contributed by atoms with Crippen LogP contribution in [0.3, 0.4) is 0 Å². The van der Waals surface area contributed by atoms with Crippen molar-refractivity contribution in [2.45, 2.75) is 0 Å². The standard InChI is InChI=1S/C20H20BrN3O4/c1-27-17-7-3-14(4-8-17)5-10-19(25)22-13-20(26)24-23-12-15-11-16(21)6-9-18(15)28-2/h3-12H,13H2,1-2H3,(H,22,25)(H,24,26)/b10-5+,23-12?. The van der Waals surface area contributed by atoms with Crippen LogP contribution < -0.4 is 20.2 Å². The summed E-state index contributed by atoms with van der Waals surface area (Å²) in [5, 5.41) is 6.36. The van der Waals surface area contributed by atoms with Crippen molar-refractivity contribution in [1.82, 2.24) is 10.7 Å². The smallest absolute Gasteiger partial charge is 0.259 e. The fourth-order valence-electron chi connectivity index (χ4n) is 2.13. The van der Waals surface area contributed by atoms with Crippen molar-refractivity contribution in [3.05, 3.63) is 64.1 Å². The number of halogens is 1. The molecule has 2 aromatic rings. The number of amides is 2. The maximum Gasteiger partial charge on any atom is 0.259 e. The third-order valence-corrected chi connectivity index (χ3v) is 4.04. The minimum atomic E-state index is -0.448. The van der Waals surface area contributed by atoms with E-state index in [1.54, 1.807) is 44.6 Å². The molecular formula is C20H20BrN3O4. The molecule has 8 heteroatoms. The number of ether oxygens (including phenoxy) is 2. The number of hydrogen-bond acceptors (Lipinski definition) is 5. The van der Waals surface area contributed by atoms with E-state index in [0.717, 1.165) is 15.8 Å². The van der Waals surface area contributed by atoms with E-state index in [2.05, 4.69) is 31.8 Å². The summed E-state index contributed by atoms with van der Waals surface area (Å²) in [6, 6.07) is 12.7. The van der Waals surface area contributed by atoms with Gasteiger partial charge in [0.05, 0.1) is 27.0 Å². The molecule has 2 amide bonds. The summed E-state index contributed by atoms with van der Waals surface area (Å²) >= 11 is 3.36. The van der Waals surface area contributed by atoms with Crippen molar-refractivity contribution in [2.24, 2.45) is 5.10 Å². The number of carbonyl (C=O) groups is 2. The molecule has 0 aliphatic rings. The van der Waals surface area contributed by atoms with E-state index in [1.165, 1.54) is 12.3 Å². The number of hydrazone groups is 1. The number of hydrogen-bond donors (Lipinski definition) is 2. The van der Waals surface area contributed by atoms with Crippen molar-refractivity contribution in [3.63, 3.8) is 0 Å². The zero-order valence-electron chi connectivity index (χ0n) is 15.4. The highest BCUT2D eigenvalue weighted by Crippen LogP contribution is 2.21. The molecule has 0 atom stereocenters. The highest BCUT2D eigenvalue weighted by Gasteiger charge is 2.03. The van der Waals surface area contributed by atoms with E-state index < -0.39 is 5.91 Å². The Morgan fingerprint density at radius 1 is 1.11 bits per heavy atom. The van der Waals surface area contributed by atoms with Gasteiger partial charge in [-0.1, -0.05) is 28.1 Å². The summed E-state index contributed by atoms with van der Waals surface area (Å²) < 4.78 is 11.1. The third kappa shape index (κ3) is 6.88. The molecule has 2 aromatic carbocycles. The summed E-state index contributed by atoms with van der Waals surface area (Å²) in [6.45, 7) is -0.196. The first kappa shape index (κ1) is 21.2. The van der Waals surface area contributed by atoms with Gasteiger partial charge in [-0.05, 0) is 42.0 Å². The van der Waals surface area contributed by atoms with Crippen molar-refractivity contribution >= 4 is 40.0 Å². The first-order valence-electron chi connectivity index (χ1n) is 8.27. The first-order valence-corrected chi connectivity index (χ1v) is 9.06. The van der Waals surface area contributed by atoms with Crippen molar-refractivity contribution in [2.75, 3.05) is 20.8 Å². The Morgan fingerprint density at radius 3 is 2.54 bits per heavy atom. The molecule has 0 radical (unpaired) electrons. The second kappa shape index (κ2) is 10.9. The van der Waals surface area contributed by atoms with Crippen LogP contribution in [0, 0.1) is 0 Å². The molecule has 0 heterocycles. The van der Waals surface area contributed by atoms with Gasteiger partial charge in [0.15, 0.2) is 0 Å². The van der Waals surface area contributed by atoms with Gasteiger partial charge in [-0.2, -0.15) is 5.10 Å². The van der Waals surface area contributed by atoms with Gasteiger partial charge in [-0.25, -0.2) is 5.43 Å². The molecule has 0 saturated carbocycles. The number of methoxy groups -OCH3 is 2. The van der Waals surface area contributed by atoms with Crippen LogP contribution >= 0.6 is 15.9 Å². The van der Waals surface area contributed by atoms with Gasteiger partial charge in [0.1, 0.15) is 11.5 Å². The van der Waals surface area contributed by atoms with Crippen LogP contribution in [0.2, 0.25) is 0 Å². The molecule has 0 aliphatic heterocycles. The van der Waals surface area contributed by atoms with E-state index in [4.69, 9.17) is 9.47 Å². The monoisotopic (exact) mass is 445 g/mol. The van der Waals surface area contributed by atoms with Gasteiger partial charge in [-0.3, -0.25) is 9.59 Å². The highest BCUT2D eigenvalue weighted by atomic mass is 79.9. The fraction of sp³-hybridized carbons (Fsp3) is 0.150. The predicted octanol–water partition coefficient (Wildman–Crippen LogP) is 2.75. The van der Waals surface area contributed by atoms with Crippen LogP contribution in [-0.2, 0) is 9.59 Å². The number of carbonyl (C=O) groups excluding carboxylic acids is 2. The Kier molecular flexibility index (Phi) is 8.23. The molecule has 146 valence electrons. The van der Waals surface area contributed by atoms with Crippen LogP contribution in [0.4, 0.5) is 0 Å². The lowest BCUT2D eigenvalue weighted by molar-refractivity contribution is -0.123. The van der Waals surface area contributed by atoms with Crippen LogP contribution in [0.1, 0.15) is 11.1 Å². The molecule has 0 unspecified atom stereocenters. The summed E-state index contributed by atoms with van der Waals surface area (Å²) in [4.78, 5) is 23.6. The number of benzene rings is 2. The van der Waals surface area contributed by atoms with Crippen LogP contribution in [0.15, 0.2) is 58.1 Å². The van der Waals surface area contributed by atoms with Gasteiger partial charge in [-0.15, -0.1) is 0 Å². The van der Waals surface area contributed by atoms with E-state index in [1.807, 2.05) is 18.2 Å². The largest absolute Gasteiger partial charge is 0.497 e. The lowest BCUT2D eigenvalue weighted by atomic mass is 10.2. The number of rotatable bonds is 8. The SMILES string of the molecule is COc1ccc(/C=C/C(=O)NCC(=O)NN=Cc2cc(Br)ccc2OC)cc1. The second-order valence-corrected chi connectivity index (χ2v) is 6.42. The number of nitrogens with one attached hydrogen (secondary N) is 2. The van der Waals surface area contributed by atoms with Crippen LogP contribution in [0.25, 0.3) is 6.08 Å². The Balaban J connectivity index is 1.79. The average molecular weight is 446 g/mol. The maximum atomic E-state index is 11.8. The highest BCUT2D eigenvalue weighted by molar-refractivity contribution is 9.10. The van der Waals surface area contributed by atoms with Crippen molar-refractivity contribution in [3.8, 4) is 11.5 Å². The van der Waals surface area contributed by atoms with E-state index in [9.17, 15) is 9.59 Å². The molecule has 7 nitrogen and oxygen atoms in total. The lowest BCUT2D eigenvalue weighted by Gasteiger charge is -2.05. The second-order valence-electron chi connectivity index (χ2n) is 5.50. The molecule has 0 aliphatic carbocycles. The Hall–Kier alpha value is -3.13. The zero-order valence-corrected chi connectivity index (χ0v) is 17.0. The van der Waals surface area contributed by atoms with Crippen LogP contribution in [0.5, 0.6) is 11.5 Å². The summed E-state index contributed by atoms with van der Waals surface area (Å²) in [7, 11) is 3.14. The quantitative estimate of drug-likeness (QED) is 0.371. The van der Waals surface area contributed by atoms with Crippen LogP contribution in [-0.4, -0.2) is 38.8 Å². The average Bonchev–Trinajstić information content (AvgIpc) is 2.71. The summed E-state index contributed by atoms with van der Waals surface area (Å²) in [5.74, 6) is 0.525. The van der Waals surface area contributed by atoms with Gasteiger partial charge < -0.3 is 14.8 Å². The Bertz CT molecular complexity index is 880. The first-order chi connectivity index (χ1) is 13.5. The minimum absolute atomic E-state index is 0.196. The molecular weight excluding hydrogens is 426 g/mol. The van der Waals surface area contributed by atoms with Gasteiger partial charge in [0, 0.05) is 16.1 Å². The lowest BCUT2D eigenvalue weighted by Crippen LogP contribution is -2.34. The summed E-state index contributed by atoms with van der Waals surface area (Å²) in [6.07, 6.45) is 4.46. The van der Waals surface area contributed by atoms with E-state index in [-0.39, 0.29) is 12.5 Å². The molecule has 0 fully saturated rings.